The number of halogens is 3. The Kier molecular flexibility index (Phi) is 5.56. The van der Waals surface area contributed by atoms with Gasteiger partial charge in [0.25, 0.3) is 0 Å². The number of rotatable bonds is 6. The largest absolute Gasteiger partial charge is 0.481 e. The van der Waals surface area contributed by atoms with E-state index < -0.39 is 36.4 Å². The predicted octanol–water partition coefficient (Wildman–Crippen LogP) is 0.720. The molecule has 1 aliphatic rings. The molecule has 1 aliphatic heterocycles. The molecule has 9 heteroatoms. The van der Waals surface area contributed by atoms with Gasteiger partial charge in [0.15, 0.2) is 0 Å². The minimum Gasteiger partial charge on any atom is -0.481 e. The number of hydrogen-bond donors (Lipinski definition) is 1. The fourth-order valence-corrected chi connectivity index (χ4v) is 2.20. The van der Waals surface area contributed by atoms with Crippen LogP contribution in [0.1, 0.15) is 19.3 Å². The molecule has 1 saturated heterocycles. The molecule has 0 aromatic rings. The Labute approximate surface area is 119 Å². The van der Waals surface area contributed by atoms with Gasteiger partial charge in [-0.1, -0.05) is 0 Å². The number of carboxylic acid groups (broad SMARTS) is 1. The first-order valence-electron chi connectivity index (χ1n) is 6.41. The Bertz CT molecular complexity index is 425. The van der Waals surface area contributed by atoms with Crippen LogP contribution in [0.2, 0.25) is 0 Å². The molecule has 0 bridgehead atoms. The number of likely N-dealkylation sites (tertiary alicyclic amines) is 1. The summed E-state index contributed by atoms with van der Waals surface area (Å²) < 4.78 is 36.8. The van der Waals surface area contributed by atoms with Crippen LogP contribution in [-0.2, 0) is 14.4 Å². The molecule has 1 heterocycles. The molecule has 1 fully saturated rings. The highest BCUT2D eigenvalue weighted by Gasteiger charge is 2.41. The number of amides is 2. The van der Waals surface area contributed by atoms with Crippen molar-refractivity contribution in [2.24, 2.45) is 5.92 Å². The van der Waals surface area contributed by atoms with Crippen molar-refractivity contribution in [1.29, 1.82) is 0 Å². The molecule has 1 atom stereocenters. The lowest BCUT2D eigenvalue weighted by Crippen LogP contribution is -2.38. The van der Waals surface area contributed by atoms with E-state index in [1.807, 2.05) is 0 Å². The first kappa shape index (κ1) is 17.3. The third-order valence-corrected chi connectivity index (χ3v) is 3.19. The van der Waals surface area contributed by atoms with Gasteiger partial charge in [0.05, 0.1) is 5.92 Å². The van der Waals surface area contributed by atoms with Gasteiger partial charge in [-0.25, -0.2) is 0 Å². The number of aliphatic carboxylic acids is 1. The summed E-state index contributed by atoms with van der Waals surface area (Å²) in [7, 11) is 1.45. The van der Waals surface area contributed by atoms with E-state index in [1.54, 1.807) is 0 Å². The topological polar surface area (TPSA) is 77.9 Å². The summed E-state index contributed by atoms with van der Waals surface area (Å²) in [4.78, 5) is 35.7. The van der Waals surface area contributed by atoms with Gasteiger partial charge in [-0.2, -0.15) is 13.2 Å². The van der Waals surface area contributed by atoms with Crippen molar-refractivity contribution in [2.75, 3.05) is 26.7 Å². The molecule has 1 rings (SSSR count). The van der Waals surface area contributed by atoms with E-state index in [4.69, 9.17) is 5.11 Å². The second-order valence-electron chi connectivity index (χ2n) is 5.05. The monoisotopic (exact) mass is 310 g/mol. The molecular formula is C12H17F3N2O4. The van der Waals surface area contributed by atoms with Crippen LogP contribution in [0.4, 0.5) is 13.2 Å². The predicted molar refractivity (Wildman–Crippen MR) is 65.2 cm³/mol. The van der Waals surface area contributed by atoms with Crippen LogP contribution in [0.5, 0.6) is 0 Å². The lowest BCUT2D eigenvalue weighted by molar-refractivity contribution is -0.157. The number of carbonyl (C=O) groups is 3. The molecule has 0 spiro atoms. The summed E-state index contributed by atoms with van der Waals surface area (Å²) in [5, 5.41) is 8.49. The first-order chi connectivity index (χ1) is 9.60. The molecule has 120 valence electrons. The minimum absolute atomic E-state index is 0.0958. The minimum atomic E-state index is -4.49. The van der Waals surface area contributed by atoms with E-state index >= 15 is 0 Å². The Morgan fingerprint density at radius 2 is 2.05 bits per heavy atom. The van der Waals surface area contributed by atoms with Gasteiger partial charge in [0.1, 0.15) is 6.54 Å². The summed E-state index contributed by atoms with van der Waals surface area (Å²) in [6.07, 6.45) is -4.56. The van der Waals surface area contributed by atoms with Crippen LogP contribution in [0.3, 0.4) is 0 Å². The first-order valence-corrected chi connectivity index (χ1v) is 6.41. The molecular weight excluding hydrogens is 293 g/mol. The molecule has 1 unspecified atom stereocenters. The fourth-order valence-electron chi connectivity index (χ4n) is 2.20. The Morgan fingerprint density at radius 3 is 2.57 bits per heavy atom. The van der Waals surface area contributed by atoms with Crippen LogP contribution in [0.25, 0.3) is 0 Å². The van der Waals surface area contributed by atoms with E-state index in [1.165, 1.54) is 11.9 Å². The van der Waals surface area contributed by atoms with Crippen molar-refractivity contribution in [2.45, 2.75) is 25.4 Å². The average molecular weight is 310 g/mol. The normalized spacial score (nSPS) is 19.0. The number of alkyl halides is 3. The van der Waals surface area contributed by atoms with Crippen molar-refractivity contribution < 1.29 is 32.7 Å². The maximum atomic E-state index is 12.3. The number of hydrogen-bond acceptors (Lipinski definition) is 3. The van der Waals surface area contributed by atoms with E-state index in [9.17, 15) is 27.6 Å². The average Bonchev–Trinajstić information content (AvgIpc) is 2.67. The van der Waals surface area contributed by atoms with E-state index in [-0.39, 0.29) is 32.4 Å². The second kappa shape index (κ2) is 6.77. The maximum absolute atomic E-state index is 12.3. The highest BCUT2D eigenvalue weighted by molar-refractivity contribution is 5.89. The third kappa shape index (κ3) is 5.60. The summed E-state index contributed by atoms with van der Waals surface area (Å²) in [6.45, 7) is -1.41. The Balaban J connectivity index is 2.49. The van der Waals surface area contributed by atoms with Crippen molar-refractivity contribution in [3.05, 3.63) is 0 Å². The van der Waals surface area contributed by atoms with Gasteiger partial charge in [-0.05, 0) is 6.42 Å². The fraction of sp³-hybridized carbons (Fsp3) is 0.750. The smallest absolute Gasteiger partial charge is 0.406 e. The van der Waals surface area contributed by atoms with Crippen LogP contribution in [0, 0.1) is 5.92 Å². The quantitative estimate of drug-likeness (QED) is 0.784. The summed E-state index contributed by atoms with van der Waals surface area (Å²) in [5.41, 5.74) is 0. The molecule has 6 nitrogen and oxygen atoms in total. The molecule has 2 amide bonds. The van der Waals surface area contributed by atoms with Gasteiger partial charge in [-0.15, -0.1) is 0 Å². The molecule has 0 saturated carbocycles. The van der Waals surface area contributed by atoms with Crippen LogP contribution < -0.4 is 0 Å². The zero-order valence-corrected chi connectivity index (χ0v) is 11.5. The Morgan fingerprint density at radius 1 is 1.43 bits per heavy atom. The third-order valence-electron chi connectivity index (χ3n) is 3.19. The van der Waals surface area contributed by atoms with Gasteiger partial charge < -0.3 is 14.9 Å². The standard InChI is InChI=1S/C12H17F3N2O4/c1-16(4-2-3-10(19)20)11(21)8-5-9(18)17(6-8)7-12(13,14)15/h8H,2-7H2,1H3,(H,19,20). The van der Waals surface area contributed by atoms with Crippen molar-refractivity contribution in [1.82, 2.24) is 9.80 Å². The van der Waals surface area contributed by atoms with E-state index in [2.05, 4.69) is 0 Å². The SMILES string of the molecule is CN(CCCC(=O)O)C(=O)C1CC(=O)N(CC(F)(F)F)C1. The lowest BCUT2D eigenvalue weighted by Gasteiger charge is -2.21. The molecule has 0 aliphatic carbocycles. The van der Waals surface area contributed by atoms with Crippen molar-refractivity contribution in [3.63, 3.8) is 0 Å². The summed E-state index contributed by atoms with van der Waals surface area (Å²) in [5.74, 6) is -2.90. The zero-order chi connectivity index (χ0) is 16.2. The molecule has 21 heavy (non-hydrogen) atoms. The summed E-state index contributed by atoms with van der Waals surface area (Å²) in [6, 6.07) is 0. The van der Waals surface area contributed by atoms with Gasteiger partial charge >= 0.3 is 12.1 Å². The molecule has 0 radical (unpaired) electrons. The summed E-state index contributed by atoms with van der Waals surface area (Å²) >= 11 is 0. The number of carbonyl (C=O) groups excluding carboxylic acids is 2. The van der Waals surface area contributed by atoms with Crippen LogP contribution in [-0.4, -0.2) is 65.5 Å². The second-order valence-corrected chi connectivity index (χ2v) is 5.05. The van der Waals surface area contributed by atoms with Crippen molar-refractivity contribution >= 4 is 17.8 Å². The van der Waals surface area contributed by atoms with Crippen LogP contribution in [0.15, 0.2) is 0 Å². The maximum Gasteiger partial charge on any atom is 0.406 e. The highest BCUT2D eigenvalue weighted by atomic mass is 19.4. The molecule has 0 aromatic heterocycles. The van der Waals surface area contributed by atoms with Crippen LogP contribution >= 0.6 is 0 Å². The van der Waals surface area contributed by atoms with Gasteiger partial charge in [0, 0.05) is 33.0 Å². The number of carboxylic acids is 1. The van der Waals surface area contributed by atoms with E-state index in [0.717, 1.165) is 0 Å². The highest BCUT2D eigenvalue weighted by Crippen LogP contribution is 2.24. The molecule has 0 aromatic carbocycles. The number of nitrogens with zero attached hydrogens (tertiary/aromatic N) is 2. The van der Waals surface area contributed by atoms with E-state index in [0.29, 0.717) is 4.90 Å². The van der Waals surface area contributed by atoms with Gasteiger partial charge in [0.2, 0.25) is 11.8 Å². The van der Waals surface area contributed by atoms with Gasteiger partial charge in [-0.3, -0.25) is 14.4 Å². The Hall–Kier alpha value is -1.80. The van der Waals surface area contributed by atoms with Crippen molar-refractivity contribution in [3.8, 4) is 0 Å². The molecule has 1 N–H and O–H groups in total. The zero-order valence-electron chi connectivity index (χ0n) is 11.5. The lowest BCUT2D eigenvalue weighted by atomic mass is 10.1.